The van der Waals surface area contributed by atoms with E-state index in [1.54, 1.807) is 17.2 Å². The lowest BCUT2D eigenvalue weighted by atomic mass is 10.2. The number of aromatic nitrogens is 3. The summed E-state index contributed by atoms with van der Waals surface area (Å²) in [6, 6.07) is 8.12. The zero-order valence-electron chi connectivity index (χ0n) is 9.43. The van der Waals surface area contributed by atoms with Gasteiger partial charge in [-0.1, -0.05) is 13.3 Å². The SMILES string of the molecule is CCCCNc1ccc(-n2nccn2)cc1. The second-order valence-electron chi connectivity index (χ2n) is 3.65. The van der Waals surface area contributed by atoms with Crippen molar-refractivity contribution in [3.63, 3.8) is 0 Å². The van der Waals surface area contributed by atoms with Gasteiger partial charge in [-0.2, -0.15) is 15.0 Å². The standard InChI is InChI=1S/C12H16N4/c1-2-3-8-13-11-4-6-12(7-5-11)16-14-9-10-15-16/h4-7,9-10,13H,2-3,8H2,1H3. The molecule has 0 bridgehead atoms. The van der Waals surface area contributed by atoms with Crippen molar-refractivity contribution in [3.8, 4) is 5.69 Å². The summed E-state index contributed by atoms with van der Waals surface area (Å²) in [5, 5.41) is 11.5. The van der Waals surface area contributed by atoms with Gasteiger partial charge >= 0.3 is 0 Å². The Morgan fingerprint density at radius 3 is 2.44 bits per heavy atom. The van der Waals surface area contributed by atoms with Gasteiger partial charge < -0.3 is 5.32 Å². The molecule has 84 valence electrons. The number of rotatable bonds is 5. The summed E-state index contributed by atoms with van der Waals surface area (Å²) in [6.07, 6.45) is 5.76. The molecule has 4 nitrogen and oxygen atoms in total. The van der Waals surface area contributed by atoms with Gasteiger partial charge in [0.25, 0.3) is 0 Å². The number of nitrogens with zero attached hydrogens (tertiary/aromatic N) is 3. The van der Waals surface area contributed by atoms with E-state index in [1.807, 2.05) is 24.3 Å². The van der Waals surface area contributed by atoms with Crippen molar-refractivity contribution < 1.29 is 0 Å². The van der Waals surface area contributed by atoms with Gasteiger partial charge in [0, 0.05) is 12.2 Å². The number of benzene rings is 1. The molecule has 0 amide bonds. The van der Waals surface area contributed by atoms with Gasteiger partial charge in [-0.15, -0.1) is 0 Å². The molecule has 0 aliphatic carbocycles. The van der Waals surface area contributed by atoms with E-state index in [-0.39, 0.29) is 0 Å². The van der Waals surface area contributed by atoms with Crippen molar-refractivity contribution in [2.45, 2.75) is 19.8 Å². The summed E-state index contributed by atoms with van der Waals surface area (Å²) in [4.78, 5) is 1.61. The largest absolute Gasteiger partial charge is 0.385 e. The summed E-state index contributed by atoms with van der Waals surface area (Å²) in [6.45, 7) is 3.21. The first-order valence-corrected chi connectivity index (χ1v) is 5.61. The van der Waals surface area contributed by atoms with Crippen LogP contribution < -0.4 is 5.32 Å². The minimum Gasteiger partial charge on any atom is -0.385 e. The van der Waals surface area contributed by atoms with Crippen LogP contribution in [0.25, 0.3) is 5.69 Å². The van der Waals surface area contributed by atoms with Crippen molar-refractivity contribution in [2.24, 2.45) is 0 Å². The quantitative estimate of drug-likeness (QED) is 0.781. The third kappa shape index (κ3) is 2.59. The van der Waals surface area contributed by atoms with Crippen LogP contribution in [0.3, 0.4) is 0 Å². The van der Waals surface area contributed by atoms with Crippen molar-refractivity contribution in [2.75, 3.05) is 11.9 Å². The van der Waals surface area contributed by atoms with Crippen molar-refractivity contribution in [1.82, 2.24) is 15.0 Å². The Balaban J connectivity index is 2.00. The lowest BCUT2D eigenvalue weighted by molar-refractivity contribution is 0.752. The summed E-state index contributed by atoms with van der Waals surface area (Å²) in [5.41, 5.74) is 2.12. The Hall–Kier alpha value is -1.84. The van der Waals surface area contributed by atoms with Crippen LogP contribution in [0.5, 0.6) is 0 Å². The summed E-state index contributed by atoms with van der Waals surface area (Å²) in [5.74, 6) is 0. The average molecular weight is 216 g/mol. The van der Waals surface area contributed by atoms with E-state index in [0.717, 1.165) is 17.9 Å². The van der Waals surface area contributed by atoms with Crippen LogP contribution in [0.2, 0.25) is 0 Å². The molecule has 2 aromatic rings. The van der Waals surface area contributed by atoms with E-state index in [4.69, 9.17) is 0 Å². The van der Waals surface area contributed by atoms with Gasteiger partial charge in [-0.05, 0) is 30.7 Å². The van der Waals surface area contributed by atoms with Crippen LogP contribution in [0, 0.1) is 0 Å². The normalized spacial score (nSPS) is 10.3. The molecule has 2 rings (SSSR count). The minimum absolute atomic E-state index is 0.978. The maximum absolute atomic E-state index is 4.08. The van der Waals surface area contributed by atoms with Crippen molar-refractivity contribution in [3.05, 3.63) is 36.7 Å². The van der Waals surface area contributed by atoms with Crippen molar-refractivity contribution in [1.29, 1.82) is 0 Å². The second-order valence-corrected chi connectivity index (χ2v) is 3.65. The summed E-state index contributed by atoms with van der Waals surface area (Å²) in [7, 11) is 0. The molecule has 0 atom stereocenters. The number of hydrogen-bond donors (Lipinski definition) is 1. The highest BCUT2D eigenvalue weighted by Gasteiger charge is 1.97. The van der Waals surface area contributed by atoms with Gasteiger partial charge in [0.15, 0.2) is 0 Å². The smallest absolute Gasteiger partial charge is 0.0858 e. The first-order chi connectivity index (χ1) is 7.90. The molecule has 0 saturated heterocycles. The predicted molar refractivity (Wildman–Crippen MR) is 64.8 cm³/mol. The Morgan fingerprint density at radius 2 is 1.81 bits per heavy atom. The molecule has 0 fully saturated rings. The van der Waals surface area contributed by atoms with E-state index >= 15 is 0 Å². The fourth-order valence-electron chi connectivity index (χ4n) is 1.47. The third-order valence-electron chi connectivity index (χ3n) is 2.38. The van der Waals surface area contributed by atoms with E-state index in [1.165, 1.54) is 12.8 Å². The molecule has 0 aliphatic heterocycles. The van der Waals surface area contributed by atoms with E-state index < -0.39 is 0 Å². The van der Waals surface area contributed by atoms with Crippen molar-refractivity contribution >= 4 is 5.69 Å². The Kier molecular flexibility index (Phi) is 3.53. The topological polar surface area (TPSA) is 42.7 Å². The number of anilines is 1. The number of nitrogens with one attached hydrogen (secondary N) is 1. The molecule has 4 heteroatoms. The fourth-order valence-corrected chi connectivity index (χ4v) is 1.47. The lowest BCUT2D eigenvalue weighted by Crippen LogP contribution is -2.02. The zero-order chi connectivity index (χ0) is 11.2. The Bertz CT molecular complexity index is 405. The van der Waals surface area contributed by atoms with Gasteiger partial charge in [0.05, 0.1) is 18.1 Å². The van der Waals surface area contributed by atoms with Crippen LogP contribution in [0.15, 0.2) is 36.7 Å². The number of hydrogen-bond acceptors (Lipinski definition) is 3. The molecular weight excluding hydrogens is 200 g/mol. The van der Waals surface area contributed by atoms with Gasteiger partial charge in [-0.25, -0.2) is 0 Å². The molecule has 0 unspecified atom stereocenters. The molecule has 0 saturated carbocycles. The van der Waals surface area contributed by atoms with Crippen LogP contribution >= 0.6 is 0 Å². The average Bonchev–Trinajstić information content (AvgIpc) is 2.84. The second kappa shape index (κ2) is 5.30. The van der Waals surface area contributed by atoms with Gasteiger partial charge in [-0.3, -0.25) is 0 Å². The molecule has 16 heavy (non-hydrogen) atoms. The van der Waals surface area contributed by atoms with Crippen LogP contribution in [0.4, 0.5) is 5.69 Å². The first kappa shape index (κ1) is 10.7. The van der Waals surface area contributed by atoms with E-state index in [0.29, 0.717) is 0 Å². The van der Waals surface area contributed by atoms with Crippen LogP contribution in [-0.2, 0) is 0 Å². The minimum atomic E-state index is 0.978. The Morgan fingerprint density at radius 1 is 1.12 bits per heavy atom. The fraction of sp³-hybridized carbons (Fsp3) is 0.333. The van der Waals surface area contributed by atoms with E-state index in [2.05, 4.69) is 22.4 Å². The molecule has 1 aromatic heterocycles. The van der Waals surface area contributed by atoms with Gasteiger partial charge in [0.2, 0.25) is 0 Å². The first-order valence-electron chi connectivity index (χ1n) is 5.61. The molecular formula is C12H16N4. The third-order valence-corrected chi connectivity index (χ3v) is 2.38. The van der Waals surface area contributed by atoms with Crippen LogP contribution in [0.1, 0.15) is 19.8 Å². The number of unbranched alkanes of at least 4 members (excludes halogenated alkanes) is 1. The zero-order valence-corrected chi connectivity index (χ0v) is 9.43. The predicted octanol–water partition coefficient (Wildman–Crippen LogP) is 2.48. The lowest BCUT2D eigenvalue weighted by Gasteiger charge is -2.06. The highest BCUT2D eigenvalue weighted by Crippen LogP contribution is 2.11. The maximum Gasteiger partial charge on any atom is 0.0858 e. The molecule has 1 aromatic carbocycles. The van der Waals surface area contributed by atoms with Gasteiger partial charge in [0.1, 0.15) is 0 Å². The molecule has 0 radical (unpaired) electrons. The monoisotopic (exact) mass is 216 g/mol. The highest BCUT2D eigenvalue weighted by atomic mass is 15.5. The van der Waals surface area contributed by atoms with E-state index in [9.17, 15) is 0 Å². The maximum atomic E-state index is 4.08. The Labute approximate surface area is 95.3 Å². The molecule has 1 heterocycles. The summed E-state index contributed by atoms with van der Waals surface area (Å²) < 4.78 is 0. The molecule has 0 aliphatic rings. The molecule has 0 spiro atoms. The molecule has 1 N–H and O–H groups in total. The highest BCUT2D eigenvalue weighted by molar-refractivity contribution is 5.47. The van der Waals surface area contributed by atoms with Crippen LogP contribution in [-0.4, -0.2) is 21.5 Å². The summed E-state index contributed by atoms with van der Waals surface area (Å²) >= 11 is 0.